The first-order valence-electron chi connectivity index (χ1n) is 9.62. The normalized spacial score (nSPS) is 13.2. The Hall–Kier alpha value is -3.21. The first-order valence-corrected chi connectivity index (χ1v) is 9.62. The average Bonchev–Trinajstić information content (AvgIpc) is 2.66. The van der Waals surface area contributed by atoms with Crippen LogP contribution in [0, 0.1) is 20.8 Å². The number of anilines is 4. The summed E-state index contributed by atoms with van der Waals surface area (Å²) in [5.41, 5.74) is 6.78. The summed E-state index contributed by atoms with van der Waals surface area (Å²) in [6, 6.07) is 14.2. The van der Waals surface area contributed by atoms with Crippen molar-refractivity contribution in [1.82, 2.24) is 9.97 Å². The highest BCUT2D eigenvalue weighted by molar-refractivity contribution is 6.03. The van der Waals surface area contributed by atoms with Crippen LogP contribution in [0.4, 0.5) is 23.1 Å². The average molecular weight is 372 g/mol. The lowest BCUT2D eigenvalue weighted by atomic mass is 9.95. The number of fused-ring (bicyclic) bond motifs is 1. The van der Waals surface area contributed by atoms with Gasteiger partial charge in [0.25, 0.3) is 0 Å². The minimum absolute atomic E-state index is 0.108. The van der Waals surface area contributed by atoms with E-state index in [0.717, 1.165) is 41.0 Å². The van der Waals surface area contributed by atoms with Crippen molar-refractivity contribution in [1.29, 1.82) is 0 Å². The number of hydrogen-bond acceptors (Lipinski definition) is 5. The largest absolute Gasteiger partial charge is 0.339 e. The molecule has 1 aromatic heterocycles. The number of hydrogen-bond donors (Lipinski definition) is 2. The molecule has 142 valence electrons. The van der Waals surface area contributed by atoms with Gasteiger partial charge in [-0.05, 0) is 56.9 Å². The van der Waals surface area contributed by atoms with Crippen LogP contribution < -0.4 is 10.6 Å². The molecule has 0 aliphatic heterocycles. The van der Waals surface area contributed by atoms with Crippen LogP contribution in [-0.2, 0) is 6.42 Å². The summed E-state index contributed by atoms with van der Waals surface area (Å²) in [5.74, 6) is 1.20. The maximum Gasteiger partial charge on any atom is 0.229 e. The number of benzene rings is 2. The summed E-state index contributed by atoms with van der Waals surface area (Å²) in [4.78, 5) is 22.0. The van der Waals surface area contributed by atoms with Crippen LogP contribution in [0.5, 0.6) is 0 Å². The number of carbonyl (C=O) groups is 1. The molecule has 0 bridgehead atoms. The van der Waals surface area contributed by atoms with Gasteiger partial charge in [-0.1, -0.05) is 35.9 Å². The molecular weight excluding hydrogens is 348 g/mol. The van der Waals surface area contributed by atoms with E-state index in [1.807, 2.05) is 30.3 Å². The molecule has 0 saturated carbocycles. The second kappa shape index (κ2) is 7.43. The highest BCUT2D eigenvalue weighted by Gasteiger charge is 2.25. The van der Waals surface area contributed by atoms with Crippen LogP contribution in [0.2, 0.25) is 0 Å². The van der Waals surface area contributed by atoms with Crippen LogP contribution in [0.25, 0.3) is 0 Å². The molecule has 0 unspecified atom stereocenters. The standard InChI is InChI=1S/C23H24N4O/c1-14-10-12-17(13-11-14)24-23-25-18-8-5-9-19(28)20(18)22(27-23)26-21-15(2)6-4-7-16(21)3/h4,6-7,10-13H,5,8-9H2,1-3H3,(H2,24,25,26,27). The third-order valence-electron chi connectivity index (χ3n) is 5.11. The van der Waals surface area contributed by atoms with Crippen LogP contribution in [0.15, 0.2) is 42.5 Å². The Balaban J connectivity index is 1.77. The van der Waals surface area contributed by atoms with E-state index in [1.165, 1.54) is 5.56 Å². The van der Waals surface area contributed by atoms with Crippen LogP contribution >= 0.6 is 0 Å². The first-order chi connectivity index (χ1) is 13.5. The van der Waals surface area contributed by atoms with Crippen molar-refractivity contribution in [3.8, 4) is 0 Å². The van der Waals surface area contributed by atoms with Gasteiger partial charge in [0.15, 0.2) is 5.78 Å². The highest BCUT2D eigenvalue weighted by Crippen LogP contribution is 2.31. The van der Waals surface area contributed by atoms with Gasteiger partial charge in [0, 0.05) is 17.8 Å². The second-order valence-electron chi connectivity index (χ2n) is 7.38. The molecule has 28 heavy (non-hydrogen) atoms. The Morgan fingerprint density at radius 1 is 0.857 bits per heavy atom. The van der Waals surface area contributed by atoms with E-state index >= 15 is 0 Å². The second-order valence-corrected chi connectivity index (χ2v) is 7.38. The topological polar surface area (TPSA) is 66.9 Å². The Kier molecular flexibility index (Phi) is 4.82. The van der Waals surface area contributed by atoms with E-state index in [-0.39, 0.29) is 5.78 Å². The molecule has 0 fully saturated rings. The quantitative estimate of drug-likeness (QED) is 0.641. The molecule has 1 aliphatic carbocycles. The van der Waals surface area contributed by atoms with Gasteiger partial charge in [0.2, 0.25) is 5.95 Å². The molecule has 2 N–H and O–H groups in total. The Labute approximate surface area is 165 Å². The van der Waals surface area contributed by atoms with Gasteiger partial charge in [0.1, 0.15) is 5.82 Å². The molecule has 0 atom stereocenters. The maximum atomic E-state index is 12.6. The van der Waals surface area contributed by atoms with Gasteiger partial charge in [-0.2, -0.15) is 4.98 Å². The summed E-state index contributed by atoms with van der Waals surface area (Å²) >= 11 is 0. The van der Waals surface area contributed by atoms with E-state index < -0.39 is 0 Å². The lowest BCUT2D eigenvalue weighted by Gasteiger charge is -2.20. The highest BCUT2D eigenvalue weighted by atomic mass is 16.1. The molecule has 1 heterocycles. The molecule has 0 saturated heterocycles. The minimum atomic E-state index is 0.108. The number of rotatable bonds is 4. The van der Waals surface area contributed by atoms with Crippen LogP contribution in [-0.4, -0.2) is 15.8 Å². The SMILES string of the molecule is Cc1ccc(Nc2nc3c(c(Nc4c(C)cccc4C)n2)C(=O)CCC3)cc1. The molecule has 2 aromatic carbocycles. The zero-order valence-electron chi connectivity index (χ0n) is 16.5. The van der Waals surface area contributed by atoms with E-state index in [2.05, 4.69) is 53.5 Å². The number of ketones is 1. The van der Waals surface area contributed by atoms with Gasteiger partial charge < -0.3 is 10.6 Å². The lowest BCUT2D eigenvalue weighted by molar-refractivity contribution is 0.0972. The fourth-order valence-corrected chi connectivity index (χ4v) is 3.56. The van der Waals surface area contributed by atoms with Crippen molar-refractivity contribution in [2.24, 2.45) is 0 Å². The van der Waals surface area contributed by atoms with Crippen molar-refractivity contribution >= 4 is 28.9 Å². The van der Waals surface area contributed by atoms with E-state index in [1.54, 1.807) is 0 Å². The minimum Gasteiger partial charge on any atom is -0.339 e. The maximum absolute atomic E-state index is 12.6. The molecule has 0 amide bonds. The van der Waals surface area contributed by atoms with Crippen molar-refractivity contribution in [3.63, 3.8) is 0 Å². The third-order valence-corrected chi connectivity index (χ3v) is 5.11. The van der Waals surface area contributed by atoms with Crippen molar-refractivity contribution < 1.29 is 4.79 Å². The molecule has 1 aliphatic rings. The van der Waals surface area contributed by atoms with Crippen molar-refractivity contribution in [2.75, 3.05) is 10.6 Å². The predicted molar refractivity (Wildman–Crippen MR) is 113 cm³/mol. The number of aromatic nitrogens is 2. The molecular formula is C23H24N4O. The zero-order valence-corrected chi connectivity index (χ0v) is 16.5. The fourth-order valence-electron chi connectivity index (χ4n) is 3.56. The van der Waals surface area contributed by atoms with Gasteiger partial charge in [0.05, 0.1) is 11.3 Å². The van der Waals surface area contributed by atoms with Crippen LogP contribution in [0.1, 0.15) is 45.6 Å². The molecule has 5 nitrogen and oxygen atoms in total. The smallest absolute Gasteiger partial charge is 0.229 e. The van der Waals surface area contributed by atoms with Gasteiger partial charge in [-0.3, -0.25) is 4.79 Å². The van der Waals surface area contributed by atoms with Crippen molar-refractivity contribution in [3.05, 3.63) is 70.4 Å². The van der Waals surface area contributed by atoms with E-state index in [9.17, 15) is 4.79 Å². The Morgan fingerprint density at radius 2 is 1.57 bits per heavy atom. The van der Waals surface area contributed by atoms with Crippen molar-refractivity contribution in [2.45, 2.75) is 40.0 Å². The Morgan fingerprint density at radius 3 is 2.29 bits per heavy atom. The molecule has 5 heteroatoms. The number of aryl methyl sites for hydroxylation is 4. The lowest BCUT2D eigenvalue weighted by Crippen LogP contribution is -2.18. The fraction of sp³-hybridized carbons (Fsp3) is 0.261. The number of nitrogens with zero attached hydrogens (tertiary/aromatic N) is 2. The van der Waals surface area contributed by atoms with E-state index in [0.29, 0.717) is 23.8 Å². The van der Waals surface area contributed by atoms with Crippen LogP contribution in [0.3, 0.4) is 0 Å². The number of Topliss-reactive ketones (excluding diaryl/α,β-unsaturated/α-hetero) is 1. The summed E-state index contributed by atoms with van der Waals surface area (Å²) in [6.45, 7) is 6.16. The van der Waals surface area contributed by atoms with Gasteiger partial charge >= 0.3 is 0 Å². The summed E-state index contributed by atoms with van der Waals surface area (Å²) in [7, 11) is 0. The third kappa shape index (κ3) is 3.60. The van der Waals surface area contributed by atoms with Gasteiger partial charge in [-0.25, -0.2) is 4.98 Å². The monoisotopic (exact) mass is 372 g/mol. The molecule has 0 spiro atoms. The van der Waals surface area contributed by atoms with Gasteiger partial charge in [-0.15, -0.1) is 0 Å². The molecule has 3 aromatic rings. The van der Waals surface area contributed by atoms with E-state index in [4.69, 9.17) is 0 Å². The number of nitrogens with one attached hydrogen (secondary N) is 2. The number of carbonyl (C=O) groups excluding carboxylic acids is 1. The molecule has 0 radical (unpaired) electrons. The predicted octanol–water partition coefficient (Wildman–Crippen LogP) is 5.41. The Bertz CT molecular complexity index is 1020. The summed E-state index contributed by atoms with van der Waals surface area (Å²) in [5, 5.41) is 6.70. The first kappa shape index (κ1) is 18.2. The molecule has 4 rings (SSSR count). The zero-order chi connectivity index (χ0) is 19.7. The number of para-hydroxylation sites is 1. The summed E-state index contributed by atoms with van der Waals surface area (Å²) < 4.78 is 0. The summed E-state index contributed by atoms with van der Waals surface area (Å²) in [6.07, 6.45) is 2.16.